The predicted octanol–water partition coefficient (Wildman–Crippen LogP) is 2.31. The topological polar surface area (TPSA) is 33.5 Å². The number of amides is 1. The van der Waals surface area contributed by atoms with E-state index in [0.29, 0.717) is 0 Å². The molecule has 0 aliphatic heterocycles. The number of carbonyl (C=O) groups is 1. The van der Waals surface area contributed by atoms with Gasteiger partial charge in [0.05, 0.1) is 5.56 Å². The van der Waals surface area contributed by atoms with Gasteiger partial charge in [0.25, 0.3) is 5.91 Å². The van der Waals surface area contributed by atoms with E-state index in [1.807, 2.05) is 0 Å². The zero-order chi connectivity index (χ0) is 11.8. The molecule has 3 nitrogen and oxygen atoms in total. The van der Waals surface area contributed by atoms with E-state index in [0.717, 1.165) is 11.0 Å². The first-order valence-corrected chi connectivity index (χ1v) is 4.12. The van der Waals surface area contributed by atoms with Gasteiger partial charge in [-0.25, -0.2) is 0 Å². The summed E-state index contributed by atoms with van der Waals surface area (Å²) in [5.41, 5.74) is -0.454. The third-order valence-corrected chi connectivity index (χ3v) is 1.75. The number of halogens is 3. The van der Waals surface area contributed by atoms with Crippen LogP contribution >= 0.6 is 0 Å². The molecule has 6 heteroatoms. The molecule has 1 heterocycles. The van der Waals surface area contributed by atoms with Crippen LogP contribution in [0.4, 0.5) is 13.2 Å². The summed E-state index contributed by atoms with van der Waals surface area (Å²) in [7, 11) is 2.76. The number of furan rings is 1. The zero-order valence-electron chi connectivity index (χ0n) is 8.47. The van der Waals surface area contributed by atoms with E-state index in [1.54, 1.807) is 0 Å². The van der Waals surface area contributed by atoms with Crippen molar-refractivity contribution in [2.24, 2.45) is 0 Å². The predicted molar refractivity (Wildman–Crippen MR) is 46.5 cm³/mol. The maximum atomic E-state index is 12.4. The van der Waals surface area contributed by atoms with E-state index >= 15 is 0 Å². The van der Waals surface area contributed by atoms with Gasteiger partial charge in [0.15, 0.2) is 0 Å². The highest BCUT2D eigenvalue weighted by Gasteiger charge is 2.40. The van der Waals surface area contributed by atoms with E-state index < -0.39 is 23.4 Å². The third kappa shape index (κ3) is 2.31. The van der Waals surface area contributed by atoms with Crippen LogP contribution in [0.3, 0.4) is 0 Å². The monoisotopic (exact) mass is 221 g/mol. The van der Waals surface area contributed by atoms with Gasteiger partial charge in [-0.1, -0.05) is 0 Å². The number of hydrogen-bond acceptors (Lipinski definition) is 2. The van der Waals surface area contributed by atoms with Crippen LogP contribution in [0.15, 0.2) is 10.5 Å². The second kappa shape index (κ2) is 3.60. The molecule has 1 amide bonds. The third-order valence-electron chi connectivity index (χ3n) is 1.75. The summed E-state index contributed by atoms with van der Waals surface area (Å²) in [5, 5.41) is 0. The zero-order valence-corrected chi connectivity index (χ0v) is 8.47. The van der Waals surface area contributed by atoms with Gasteiger partial charge in [-0.05, 0) is 13.0 Å². The molecule has 0 unspecified atom stereocenters. The fraction of sp³-hybridized carbons (Fsp3) is 0.444. The lowest BCUT2D eigenvalue weighted by atomic mass is 10.2. The van der Waals surface area contributed by atoms with Crippen molar-refractivity contribution in [3.05, 3.63) is 23.2 Å². The first-order valence-electron chi connectivity index (χ1n) is 4.12. The molecule has 84 valence electrons. The number of alkyl halides is 3. The Morgan fingerprint density at radius 3 is 2.33 bits per heavy atom. The summed E-state index contributed by atoms with van der Waals surface area (Å²) in [6.45, 7) is 1.36. The molecule has 1 aromatic heterocycles. The molecule has 1 aromatic rings. The summed E-state index contributed by atoms with van der Waals surface area (Å²) in [5.74, 6) is -1.90. The van der Waals surface area contributed by atoms with Gasteiger partial charge in [-0.15, -0.1) is 0 Å². The van der Waals surface area contributed by atoms with Gasteiger partial charge < -0.3 is 9.32 Å². The Morgan fingerprint density at radius 1 is 1.40 bits per heavy atom. The number of nitrogens with zero attached hydrogens (tertiary/aromatic N) is 1. The molecule has 0 bridgehead atoms. The van der Waals surface area contributed by atoms with Gasteiger partial charge in [0.2, 0.25) is 5.76 Å². The Bertz CT molecular complexity index is 379. The van der Waals surface area contributed by atoms with Crippen molar-refractivity contribution in [3.8, 4) is 0 Å². The lowest BCUT2D eigenvalue weighted by Crippen LogP contribution is -2.23. The average molecular weight is 221 g/mol. The molecule has 15 heavy (non-hydrogen) atoms. The van der Waals surface area contributed by atoms with Gasteiger partial charge in [-0.2, -0.15) is 13.2 Å². The van der Waals surface area contributed by atoms with Crippen LogP contribution in [-0.2, 0) is 6.18 Å². The average Bonchev–Trinajstić information content (AvgIpc) is 2.44. The number of hydrogen-bond donors (Lipinski definition) is 0. The second-order valence-electron chi connectivity index (χ2n) is 3.30. The van der Waals surface area contributed by atoms with E-state index in [1.165, 1.54) is 21.0 Å². The number of carbonyl (C=O) groups excluding carboxylic acids is 1. The van der Waals surface area contributed by atoms with E-state index in [4.69, 9.17) is 0 Å². The molecule has 0 saturated heterocycles. The maximum Gasteiger partial charge on any atom is 0.450 e. The lowest BCUT2D eigenvalue weighted by Gasteiger charge is -2.10. The standard InChI is InChI=1S/C9H10F3NO2/c1-5-4-6(8(14)13(2)3)7(15-5)9(10,11)12/h4H,1-3H3. The molecule has 0 N–H and O–H groups in total. The number of aryl methyl sites for hydroxylation is 1. The van der Waals surface area contributed by atoms with Crippen molar-refractivity contribution < 1.29 is 22.4 Å². The normalized spacial score (nSPS) is 11.6. The Kier molecular flexibility index (Phi) is 2.79. The summed E-state index contributed by atoms with van der Waals surface area (Å²) < 4.78 is 41.7. The molecule has 0 saturated carbocycles. The second-order valence-corrected chi connectivity index (χ2v) is 3.30. The first-order chi connectivity index (χ1) is 6.73. The van der Waals surface area contributed by atoms with Crippen molar-refractivity contribution in [1.29, 1.82) is 0 Å². The molecule has 0 radical (unpaired) electrons. The van der Waals surface area contributed by atoms with E-state index in [-0.39, 0.29) is 5.76 Å². The Morgan fingerprint density at radius 2 is 1.93 bits per heavy atom. The summed E-state index contributed by atoms with van der Waals surface area (Å²) >= 11 is 0. The minimum Gasteiger partial charge on any atom is -0.456 e. The largest absolute Gasteiger partial charge is 0.456 e. The fourth-order valence-electron chi connectivity index (χ4n) is 1.12. The highest BCUT2D eigenvalue weighted by atomic mass is 19.4. The van der Waals surface area contributed by atoms with Crippen LogP contribution in [0.25, 0.3) is 0 Å². The first kappa shape index (κ1) is 11.6. The summed E-state index contributed by atoms with van der Waals surface area (Å²) in [4.78, 5) is 12.5. The molecular formula is C9H10F3NO2. The molecular weight excluding hydrogens is 211 g/mol. The smallest absolute Gasteiger partial charge is 0.450 e. The van der Waals surface area contributed by atoms with E-state index in [9.17, 15) is 18.0 Å². The minimum absolute atomic E-state index is 0.0625. The molecule has 0 aromatic carbocycles. The molecule has 0 aliphatic carbocycles. The molecule has 0 spiro atoms. The SMILES string of the molecule is Cc1cc(C(=O)N(C)C)c(C(F)(F)F)o1. The number of rotatable bonds is 1. The molecule has 0 fully saturated rings. The van der Waals surface area contributed by atoms with E-state index in [2.05, 4.69) is 4.42 Å². The fourth-order valence-corrected chi connectivity index (χ4v) is 1.12. The lowest BCUT2D eigenvalue weighted by molar-refractivity contribution is -0.153. The highest BCUT2D eigenvalue weighted by molar-refractivity contribution is 5.95. The van der Waals surface area contributed by atoms with Crippen LogP contribution in [0, 0.1) is 6.92 Å². The van der Waals surface area contributed by atoms with Gasteiger partial charge >= 0.3 is 6.18 Å². The van der Waals surface area contributed by atoms with Gasteiger partial charge in [0.1, 0.15) is 5.76 Å². The van der Waals surface area contributed by atoms with Crippen molar-refractivity contribution in [1.82, 2.24) is 4.90 Å². The summed E-state index contributed by atoms with van der Waals surface area (Å²) in [6, 6.07) is 1.09. The van der Waals surface area contributed by atoms with Crippen LogP contribution in [-0.4, -0.2) is 24.9 Å². The van der Waals surface area contributed by atoms with Crippen LogP contribution in [0.5, 0.6) is 0 Å². The maximum absolute atomic E-state index is 12.4. The Hall–Kier alpha value is -1.46. The van der Waals surface area contributed by atoms with Crippen LogP contribution in [0.2, 0.25) is 0 Å². The van der Waals surface area contributed by atoms with Crippen LogP contribution in [0.1, 0.15) is 21.9 Å². The molecule has 1 rings (SSSR count). The molecule has 0 atom stereocenters. The van der Waals surface area contributed by atoms with Crippen molar-refractivity contribution in [3.63, 3.8) is 0 Å². The Labute approximate surface area is 84.5 Å². The quantitative estimate of drug-likeness (QED) is 0.729. The Balaban J connectivity index is 3.24. The van der Waals surface area contributed by atoms with Crippen LogP contribution < -0.4 is 0 Å². The summed E-state index contributed by atoms with van der Waals surface area (Å²) in [6.07, 6.45) is -4.64. The van der Waals surface area contributed by atoms with Gasteiger partial charge in [0, 0.05) is 14.1 Å². The van der Waals surface area contributed by atoms with Crippen molar-refractivity contribution >= 4 is 5.91 Å². The van der Waals surface area contributed by atoms with Crippen molar-refractivity contribution in [2.75, 3.05) is 14.1 Å². The highest BCUT2D eigenvalue weighted by Crippen LogP contribution is 2.34. The minimum atomic E-state index is -4.64. The van der Waals surface area contributed by atoms with Gasteiger partial charge in [-0.3, -0.25) is 4.79 Å². The van der Waals surface area contributed by atoms with Crippen molar-refractivity contribution in [2.45, 2.75) is 13.1 Å². The molecule has 0 aliphatic rings.